The molecule has 1 heterocycles. The molecule has 1 aromatic carbocycles. The molecule has 0 aliphatic heterocycles. The van der Waals surface area contributed by atoms with Gasteiger partial charge in [-0.05, 0) is 34.1 Å². The highest BCUT2D eigenvalue weighted by atomic mass is 79.9. The molecule has 0 atom stereocenters. The molecule has 2 aromatic rings. The molecule has 19 heavy (non-hydrogen) atoms. The maximum absolute atomic E-state index is 11.3. The summed E-state index contributed by atoms with van der Waals surface area (Å²) >= 11 is 8.29. The van der Waals surface area contributed by atoms with Gasteiger partial charge in [0.15, 0.2) is 0 Å². The lowest BCUT2D eigenvalue weighted by molar-refractivity contribution is 0.0587. The van der Waals surface area contributed by atoms with Crippen molar-refractivity contribution in [3.05, 3.63) is 40.4 Å². The van der Waals surface area contributed by atoms with Gasteiger partial charge in [-0.3, -0.25) is 0 Å². The Hall–Kier alpha value is -1.80. The Morgan fingerprint density at radius 2 is 2.26 bits per heavy atom. The maximum atomic E-state index is 11.3. The van der Waals surface area contributed by atoms with Gasteiger partial charge in [0.2, 0.25) is 0 Å². The van der Waals surface area contributed by atoms with Crippen LogP contribution in [0.4, 0.5) is 0 Å². The number of nitrogens with zero attached hydrogens (tertiary/aromatic N) is 3. The molecule has 0 aliphatic carbocycles. The van der Waals surface area contributed by atoms with Crippen LogP contribution in [0.1, 0.15) is 16.2 Å². The molecule has 2 N–H and O–H groups in total. The van der Waals surface area contributed by atoms with Crippen LogP contribution >= 0.6 is 28.1 Å². The quantitative estimate of drug-likeness (QED) is 0.672. The average Bonchev–Trinajstić information content (AvgIpc) is 2.86. The third kappa shape index (κ3) is 2.79. The molecule has 98 valence electrons. The van der Waals surface area contributed by atoms with Crippen LogP contribution in [0, 0.1) is 0 Å². The zero-order valence-corrected chi connectivity index (χ0v) is 12.2. The molecule has 0 amide bonds. The standard InChI is InChI=1S/C11H9BrN4O2S/c1-18-11(17)10-14-5-16(15-10)6-2-3-7(9(13)19)8(12)4-6/h2-5H,1H3,(H2,13,19). The second-order valence-electron chi connectivity index (χ2n) is 3.53. The molecule has 0 bridgehead atoms. The van der Waals surface area contributed by atoms with Crippen molar-refractivity contribution in [3.8, 4) is 5.69 Å². The lowest BCUT2D eigenvalue weighted by Crippen LogP contribution is -2.10. The first kappa shape index (κ1) is 13.6. The fourth-order valence-corrected chi connectivity index (χ4v) is 2.31. The number of benzene rings is 1. The number of hydrogen-bond donors (Lipinski definition) is 1. The molecule has 0 aliphatic rings. The molecule has 0 unspecified atom stereocenters. The largest absolute Gasteiger partial charge is 0.463 e. The van der Waals surface area contributed by atoms with Gasteiger partial charge in [0.05, 0.1) is 12.8 Å². The minimum Gasteiger partial charge on any atom is -0.463 e. The number of methoxy groups -OCH3 is 1. The van der Waals surface area contributed by atoms with E-state index in [1.807, 2.05) is 0 Å². The number of hydrogen-bond acceptors (Lipinski definition) is 5. The molecule has 6 nitrogen and oxygen atoms in total. The minimum atomic E-state index is -0.586. The van der Waals surface area contributed by atoms with Crippen LogP contribution in [-0.4, -0.2) is 32.8 Å². The van der Waals surface area contributed by atoms with E-state index in [9.17, 15) is 4.79 Å². The number of nitrogens with two attached hydrogens (primary N) is 1. The number of carbonyl (C=O) groups excluding carboxylic acids is 1. The number of carbonyl (C=O) groups is 1. The van der Waals surface area contributed by atoms with Crippen LogP contribution < -0.4 is 5.73 Å². The zero-order valence-electron chi connectivity index (χ0n) is 9.83. The van der Waals surface area contributed by atoms with Crippen molar-refractivity contribution >= 4 is 39.1 Å². The van der Waals surface area contributed by atoms with Gasteiger partial charge < -0.3 is 10.5 Å². The molecule has 8 heteroatoms. The Bertz CT molecular complexity index is 656. The number of halogens is 1. The van der Waals surface area contributed by atoms with Gasteiger partial charge in [0.25, 0.3) is 5.82 Å². The second-order valence-corrected chi connectivity index (χ2v) is 4.83. The van der Waals surface area contributed by atoms with Crippen LogP contribution in [0.5, 0.6) is 0 Å². The zero-order chi connectivity index (χ0) is 14.0. The molecular weight excluding hydrogens is 332 g/mol. The lowest BCUT2D eigenvalue weighted by atomic mass is 10.2. The molecular formula is C11H9BrN4O2S. The average molecular weight is 341 g/mol. The highest BCUT2D eigenvalue weighted by molar-refractivity contribution is 9.10. The summed E-state index contributed by atoms with van der Waals surface area (Å²) in [5.74, 6) is -0.588. The van der Waals surface area contributed by atoms with Crippen LogP contribution in [0.15, 0.2) is 29.0 Å². The van der Waals surface area contributed by atoms with Crippen molar-refractivity contribution in [1.29, 1.82) is 0 Å². The van der Waals surface area contributed by atoms with Crippen LogP contribution in [-0.2, 0) is 4.74 Å². The van der Waals surface area contributed by atoms with E-state index in [0.717, 1.165) is 15.7 Å². The van der Waals surface area contributed by atoms with Gasteiger partial charge in [-0.1, -0.05) is 12.2 Å². The molecule has 0 saturated heterocycles. The Labute approximate surface area is 122 Å². The van der Waals surface area contributed by atoms with Crippen molar-refractivity contribution in [2.24, 2.45) is 5.73 Å². The molecule has 0 spiro atoms. The molecule has 2 rings (SSSR count). The molecule has 0 saturated carbocycles. The van der Waals surface area contributed by atoms with Gasteiger partial charge in [-0.15, -0.1) is 5.10 Å². The molecule has 0 fully saturated rings. The topological polar surface area (TPSA) is 83.0 Å². The Morgan fingerprint density at radius 3 is 2.84 bits per heavy atom. The first-order valence-electron chi connectivity index (χ1n) is 5.12. The third-order valence-electron chi connectivity index (χ3n) is 2.34. The number of aromatic nitrogens is 3. The van der Waals surface area contributed by atoms with E-state index in [0.29, 0.717) is 4.99 Å². The van der Waals surface area contributed by atoms with Crippen molar-refractivity contribution in [3.63, 3.8) is 0 Å². The van der Waals surface area contributed by atoms with E-state index in [4.69, 9.17) is 18.0 Å². The summed E-state index contributed by atoms with van der Waals surface area (Å²) in [5.41, 5.74) is 7.02. The summed E-state index contributed by atoms with van der Waals surface area (Å²) in [6.45, 7) is 0. The summed E-state index contributed by atoms with van der Waals surface area (Å²) < 4.78 is 6.74. The summed E-state index contributed by atoms with van der Waals surface area (Å²) in [4.78, 5) is 15.4. The van der Waals surface area contributed by atoms with Gasteiger partial charge in [-0.25, -0.2) is 14.5 Å². The van der Waals surface area contributed by atoms with Gasteiger partial charge in [0.1, 0.15) is 11.3 Å². The van der Waals surface area contributed by atoms with Crippen molar-refractivity contribution in [2.75, 3.05) is 7.11 Å². The number of rotatable bonds is 3. The van der Waals surface area contributed by atoms with Crippen molar-refractivity contribution in [2.45, 2.75) is 0 Å². The SMILES string of the molecule is COC(=O)c1ncn(-c2ccc(C(N)=S)c(Br)c2)n1. The summed E-state index contributed by atoms with van der Waals surface area (Å²) in [6, 6.07) is 5.32. The summed E-state index contributed by atoms with van der Waals surface area (Å²) in [6.07, 6.45) is 1.43. The van der Waals surface area contributed by atoms with Crippen LogP contribution in [0.3, 0.4) is 0 Å². The van der Waals surface area contributed by atoms with E-state index >= 15 is 0 Å². The highest BCUT2D eigenvalue weighted by Gasteiger charge is 2.12. The fourth-order valence-electron chi connectivity index (χ4n) is 1.42. The molecule has 1 aromatic heterocycles. The summed E-state index contributed by atoms with van der Waals surface area (Å²) in [5, 5.41) is 4.01. The molecule has 0 radical (unpaired) electrons. The van der Waals surface area contributed by atoms with E-state index in [-0.39, 0.29) is 5.82 Å². The van der Waals surface area contributed by atoms with Gasteiger partial charge in [-0.2, -0.15) is 0 Å². The summed E-state index contributed by atoms with van der Waals surface area (Å²) in [7, 11) is 1.27. The van der Waals surface area contributed by atoms with Crippen molar-refractivity contribution < 1.29 is 9.53 Å². The number of thiocarbonyl (C=S) groups is 1. The Kier molecular flexibility index (Phi) is 3.91. The first-order chi connectivity index (χ1) is 9.02. The van der Waals surface area contributed by atoms with E-state index < -0.39 is 5.97 Å². The van der Waals surface area contributed by atoms with Gasteiger partial charge in [0, 0.05) is 10.0 Å². The van der Waals surface area contributed by atoms with Crippen molar-refractivity contribution in [1.82, 2.24) is 14.8 Å². The Morgan fingerprint density at radius 1 is 1.53 bits per heavy atom. The predicted octanol–water partition coefficient (Wildman–Crippen LogP) is 1.45. The maximum Gasteiger partial charge on any atom is 0.377 e. The second kappa shape index (κ2) is 5.45. The number of esters is 1. The number of ether oxygens (including phenoxy) is 1. The Balaban J connectivity index is 2.37. The van der Waals surface area contributed by atoms with E-state index in [1.165, 1.54) is 18.1 Å². The van der Waals surface area contributed by atoms with E-state index in [2.05, 4.69) is 30.7 Å². The highest BCUT2D eigenvalue weighted by Crippen LogP contribution is 2.20. The van der Waals surface area contributed by atoms with Gasteiger partial charge >= 0.3 is 5.97 Å². The minimum absolute atomic E-state index is 0.00274. The fraction of sp³-hybridized carbons (Fsp3) is 0.0909. The smallest absolute Gasteiger partial charge is 0.377 e. The normalized spacial score (nSPS) is 10.2. The van der Waals surface area contributed by atoms with Crippen LogP contribution in [0.2, 0.25) is 0 Å². The third-order valence-corrected chi connectivity index (χ3v) is 3.22. The van der Waals surface area contributed by atoms with Crippen LogP contribution in [0.25, 0.3) is 5.69 Å². The van der Waals surface area contributed by atoms with E-state index in [1.54, 1.807) is 18.2 Å². The lowest BCUT2D eigenvalue weighted by Gasteiger charge is -2.05. The first-order valence-corrected chi connectivity index (χ1v) is 6.32. The monoisotopic (exact) mass is 340 g/mol. The predicted molar refractivity (Wildman–Crippen MR) is 76.3 cm³/mol.